The Kier molecular flexibility index (Phi) is 4.15. The summed E-state index contributed by atoms with van der Waals surface area (Å²) in [5.74, 6) is 1.34. The number of rotatable bonds is 2. The highest BCUT2D eigenvalue weighted by Crippen LogP contribution is 2.36. The van der Waals surface area contributed by atoms with E-state index in [0.717, 1.165) is 38.0 Å². The average molecular weight is 336 g/mol. The molecule has 5 heteroatoms. The van der Waals surface area contributed by atoms with Crippen LogP contribution in [0, 0.1) is 5.92 Å². The minimum Gasteiger partial charge on any atom is -0.337 e. The molecule has 0 saturated carbocycles. The standard InChI is InChI=1S/C20H24N4O/c1-14-8-11-23(12-9-14)19(25)17-7-10-21-20(22-17)24-15(2)13-16-5-3-4-6-18(16)24/h3-7,10,14-15H,8-9,11-13H2,1-2H3. The molecule has 1 saturated heterocycles. The van der Waals surface area contributed by atoms with Gasteiger partial charge in [0, 0.05) is 31.0 Å². The quantitative estimate of drug-likeness (QED) is 0.843. The number of para-hydroxylation sites is 1. The predicted octanol–water partition coefficient (Wildman–Crippen LogP) is 3.43. The fourth-order valence-corrected chi connectivity index (χ4v) is 3.83. The van der Waals surface area contributed by atoms with Gasteiger partial charge in [-0.25, -0.2) is 9.97 Å². The molecule has 4 rings (SSSR count). The minimum absolute atomic E-state index is 0.0238. The third kappa shape index (κ3) is 2.99. The molecular weight excluding hydrogens is 312 g/mol. The zero-order chi connectivity index (χ0) is 17.4. The predicted molar refractivity (Wildman–Crippen MR) is 98.1 cm³/mol. The topological polar surface area (TPSA) is 49.3 Å². The summed E-state index contributed by atoms with van der Waals surface area (Å²) >= 11 is 0. The normalized spacial score (nSPS) is 20.6. The summed E-state index contributed by atoms with van der Waals surface area (Å²) in [6.07, 6.45) is 4.82. The van der Waals surface area contributed by atoms with E-state index in [1.807, 2.05) is 11.0 Å². The number of likely N-dealkylation sites (tertiary alicyclic amines) is 1. The Hall–Kier alpha value is -2.43. The third-order valence-corrected chi connectivity index (χ3v) is 5.36. The number of amides is 1. The summed E-state index contributed by atoms with van der Waals surface area (Å²) in [6, 6.07) is 10.4. The molecule has 0 bridgehead atoms. The van der Waals surface area contributed by atoms with Gasteiger partial charge in [0.2, 0.25) is 5.95 Å². The number of carbonyl (C=O) groups is 1. The third-order valence-electron chi connectivity index (χ3n) is 5.36. The van der Waals surface area contributed by atoms with Crippen molar-refractivity contribution in [1.29, 1.82) is 0 Å². The average Bonchev–Trinajstić information content (AvgIpc) is 2.97. The van der Waals surface area contributed by atoms with Crippen LogP contribution in [0.25, 0.3) is 0 Å². The van der Waals surface area contributed by atoms with E-state index in [4.69, 9.17) is 0 Å². The summed E-state index contributed by atoms with van der Waals surface area (Å²) in [5, 5.41) is 0. The van der Waals surface area contributed by atoms with E-state index in [9.17, 15) is 4.79 Å². The first-order valence-corrected chi connectivity index (χ1v) is 9.13. The maximum absolute atomic E-state index is 12.8. The number of fused-ring (bicyclic) bond motifs is 1. The monoisotopic (exact) mass is 336 g/mol. The molecule has 130 valence electrons. The summed E-state index contributed by atoms with van der Waals surface area (Å²) in [4.78, 5) is 26.0. The Labute approximate surface area is 148 Å². The van der Waals surface area contributed by atoms with E-state index in [1.165, 1.54) is 5.56 Å². The molecule has 1 atom stereocenters. The molecule has 1 fully saturated rings. The highest BCUT2D eigenvalue weighted by Gasteiger charge is 2.30. The fourth-order valence-electron chi connectivity index (χ4n) is 3.83. The van der Waals surface area contributed by atoms with E-state index < -0.39 is 0 Å². The van der Waals surface area contributed by atoms with Gasteiger partial charge in [0.25, 0.3) is 5.91 Å². The molecule has 1 unspecified atom stereocenters. The summed E-state index contributed by atoms with van der Waals surface area (Å²) in [5.41, 5.74) is 2.95. The molecule has 0 aliphatic carbocycles. The lowest BCUT2D eigenvalue weighted by Crippen LogP contribution is -2.38. The van der Waals surface area contributed by atoms with Crippen LogP contribution in [0.1, 0.15) is 42.7 Å². The van der Waals surface area contributed by atoms with E-state index in [1.54, 1.807) is 12.3 Å². The minimum atomic E-state index is 0.0238. The van der Waals surface area contributed by atoms with E-state index >= 15 is 0 Å². The van der Waals surface area contributed by atoms with Gasteiger partial charge in [-0.1, -0.05) is 25.1 Å². The lowest BCUT2D eigenvalue weighted by Gasteiger charge is -2.30. The second-order valence-electron chi connectivity index (χ2n) is 7.27. The first kappa shape index (κ1) is 16.1. The fraction of sp³-hybridized carbons (Fsp3) is 0.450. The molecule has 1 amide bonds. The van der Waals surface area contributed by atoms with Crippen molar-refractivity contribution in [2.24, 2.45) is 5.92 Å². The van der Waals surface area contributed by atoms with Crippen molar-refractivity contribution in [3.05, 3.63) is 47.8 Å². The molecule has 1 aromatic carbocycles. The Morgan fingerprint density at radius 2 is 1.88 bits per heavy atom. The van der Waals surface area contributed by atoms with Gasteiger partial charge in [-0.05, 0) is 49.8 Å². The smallest absolute Gasteiger partial charge is 0.272 e. The Bertz CT molecular complexity index is 783. The van der Waals surface area contributed by atoms with E-state index in [-0.39, 0.29) is 5.91 Å². The molecule has 2 aliphatic rings. The molecule has 1 aromatic heterocycles. The van der Waals surface area contributed by atoms with Gasteiger partial charge < -0.3 is 9.80 Å². The highest BCUT2D eigenvalue weighted by atomic mass is 16.2. The number of nitrogens with zero attached hydrogens (tertiary/aromatic N) is 4. The number of hydrogen-bond donors (Lipinski definition) is 0. The van der Waals surface area contributed by atoms with Crippen LogP contribution < -0.4 is 4.90 Å². The van der Waals surface area contributed by atoms with E-state index in [0.29, 0.717) is 23.6 Å². The van der Waals surface area contributed by atoms with Crippen LogP contribution in [0.4, 0.5) is 11.6 Å². The summed E-state index contributed by atoms with van der Waals surface area (Å²) < 4.78 is 0. The van der Waals surface area contributed by atoms with Crippen LogP contribution >= 0.6 is 0 Å². The Balaban J connectivity index is 1.61. The van der Waals surface area contributed by atoms with Crippen LogP contribution in [-0.2, 0) is 6.42 Å². The SMILES string of the molecule is CC1CCN(C(=O)c2ccnc(N3c4ccccc4CC3C)n2)CC1. The van der Waals surface area contributed by atoms with Gasteiger partial charge in [0.1, 0.15) is 5.69 Å². The lowest BCUT2D eigenvalue weighted by atomic mass is 9.99. The van der Waals surface area contributed by atoms with E-state index in [2.05, 4.69) is 46.9 Å². The van der Waals surface area contributed by atoms with Crippen molar-refractivity contribution >= 4 is 17.5 Å². The molecule has 3 heterocycles. The first-order chi connectivity index (χ1) is 12.1. The van der Waals surface area contributed by atoms with Crippen LogP contribution in [0.5, 0.6) is 0 Å². The van der Waals surface area contributed by atoms with Gasteiger partial charge in [-0.3, -0.25) is 4.79 Å². The zero-order valence-electron chi connectivity index (χ0n) is 14.9. The largest absolute Gasteiger partial charge is 0.337 e. The molecule has 0 radical (unpaired) electrons. The van der Waals surface area contributed by atoms with Gasteiger partial charge >= 0.3 is 0 Å². The van der Waals surface area contributed by atoms with Crippen molar-refractivity contribution in [1.82, 2.24) is 14.9 Å². The van der Waals surface area contributed by atoms with Crippen molar-refractivity contribution in [2.75, 3.05) is 18.0 Å². The number of benzene rings is 1. The van der Waals surface area contributed by atoms with Gasteiger partial charge in [-0.15, -0.1) is 0 Å². The van der Waals surface area contributed by atoms with Crippen LogP contribution in [0.3, 0.4) is 0 Å². The number of hydrogen-bond acceptors (Lipinski definition) is 4. The Morgan fingerprint density at radius 3 is 2.68 bits per heavy atom. The van der Waals surface area contributed by atoms with Crippen molar-refractivity contribution in [3.8, 4) is 0 Å². The molecule has 0 spiro atoms. The maximum Gasteiger partial charge on any atom is 0.272 e. The number of carbonyl (C=O) groups excluding carboxylic acids is 1. The first-order valence-electron chi connectivity index (χ1n) is 9.13. The van der Waals surface area contributed by atoms with Crippen LogP contribution in [0.2, 0.25) is 0 Å². The van der Waals surface area contributed by atoms with Crippen molar-refractivity contribution in [3.63, 3.8) is 0 Å². The van der Waals surface area contributed by atoms with Crippen LogP contribution in [0.15, 0.2) is 36.5 Å². The molecular formula is C20H24N4O. The molecule has 2 aromatic rings. The van der Waals surface area contributed by atoms with Gasteiger partial charge in [0.05, 0.1) is 0 Å². The van der Waals surface area contributed by atoms with Gasteiger partial charge in [0.15, 0.2) is 0 Å². The van der Waals surface area contributed by atoms with Crippen molar-refractivity contribution < 1.29 is 4.79 Å². The molecule has 25 heavy (non-hydrogen) atoms. The second-order valence-corrected chi connectivity index (χ2v) is 7.27. The van der Waals surface area contributed by atoms with Crippen molar-refractivity contribution in [2.45, 2.75) is 39.2 Å². The molecule has 5 nitrogen and oxygen atoms in total. The lowest BCUT2D eigenvalue weighted by molar-refractivity contribution is 0.0691. The molecule has 2 aliphatic heterocycles. The highest BCUT2D eigenvalue weighted by molar-refractivity contribution is 5.92. The Morgan fingerprint density at radius 1 is 1.12 bits per heavy atom. The number of anilines is 2. The maximum atomic E-state index is 12.8. The second kappa shape index (κ2) is 6.47. The summed E-state index contributed by atoms with van der Waals surface area (Å²) in [7, 11) is 0. The number of piperidine rings is 1. The van der Waals surface area contributed by atoms with Crippen LogP contribution in [-0.4, -0.2) is 39.9 Å². The molecule has 0 N–H and O–H groups in total. The zero-order valence-corrected chi connectivity index (χ0v) is 14.9. The summed E-state index contributed by atoms with van der Waals surface area (Å²) in [6.45, 7) is 6.06. The van der Waals surface area contributed by atoms with Gasteiger partial charge in [-0.2, -0.15) is 0 Å². The number of aromatic nitrogens is 2.